The summed E-state index contributed by atoms with van der Waals surface area (Å²) in [6.45, 7) is 6.62. The molecule has 8 heteroatoms. The molecular weight excluding hydrogens is 450 g/mol. The first-order valence-corrected chi connectivity index (χ1v) is 14.4. The third kappa shape index (κ3) is 5.82. The van der Waals surface area contributed by atoms with Gasteiger partial charge >= 0.3 is 0 Å². The Morgan fingerprint density at radius 1 is 0.882 bits per heavy atom. The van der Waals surface area contributed by atoms with Crippen molar-refractivity contribution in [2.45, 2.75) is 76.2 Å². The zero-order chi connectivity index (χ0) is 24.3. The lowest BCUT2D eigenvalue weighted by atomic mass is 9.87. The predicted molar refractivity (Wildman–Crippen MR) is 132 cm³/mol. The normalized spacial score (nSPS) is 25.8. The van der Waals surface area contributed by atoms with Gasteiger partial charge in [-0.1, -0.05) is 33.1 Å². The van der Waals surface area contributed by atoms with Gasteiger partial charge in [0.25, 0.3) is 5.91 Å². The van der Waals surface area contributed by atoms with E-state index in [0.717, 1.165) is 44.9 Å². The van der Waals surface area contributed by atoms with E-state index in [1.54, 1.807) is 28.6 Å². The first-order chi connectivity index (χ1) is 16.2. The maximum atomic E-state index is 13.1. The standard InChI is InChI=1S/C26H39N3O4S/c1-19-16-20(2)18-29(17-19)34(32,33)24-10-8-21(9-11-24)25(30)27-23-12-14-28(15-13-23)26(31)22-6-4-3-5-7-22/h8-11,19-20,22-23H,3-7,12-18H2,1-2H3,(H,27,30). The van der Waals surface area contributed by atoms with Crippen LogP contribution in [0.1, 0.15) is 75.6 Å². The van der Waals surface area contributed by atoms with Gasteiger partial charge < -0.3 is 10.2 Å². The number of benzene rings is 1. The van der Waals surface area contributed by atoms with Gasteiger partial charge in [0.05, 0.1) is 4.90 Å². The van der Waals surface area contributed by atoms with Crippen LogP contribution in [0.3, 0.4) is 0 Å². The fourth-order valence-corrected chi connectivity index (χ4v) is 7.53. The average Bonchev–Trinajstić information content (AvgIpc) is 2.84. The van der Waals surface area contributed by atoms with Crippen molar-refractivity contribution in [3.63, 3.8) is 0 Å². The molecule has 0 bridgehead atoms. The van der Waals surface area contributed by atoms with Crippen LogP contribution < -0.4 is 5.32 Å². The van der Waals surface area contributed by atoms with Crippen molar-refractivity contribution in [3.8, 4) is 0 Å². The highest BCUT2D eigenvalue weighted by Gasteiger charge is 2.32. The molecule has 1 aromatic rings. The molecule has 188 valence electrons. The molecular formula is C26H39N3O4S. The number of likely N-dealkylation sites (tertiary alicyclic amines) is 1. The van der Waals surface area contributed by atoms with Crippen molar-refractivity contribution in [3.05, 3.63) is 29.8 Å². The van der Waals surface area contributed by atoms with E-state index < -0.39 is 10.0 Å². The maximum absolute atomic E-state index is 13.1. The minimum Gasteiger partial charge on any atom is -0.349 e. The minimum atomic E-state index is -3.56. The smallest absolute Gasteiger partial charge is 0.251 e. The molecule has 0 spiro atoms. The summed E-state index contributed by atoms with van der Waals surface area (Å²) in [6, 6.07) is 6.31. The van der Waals surface area contributed by atoms with E-state index in [0.29, 0.717) is 49.5 Å². The average molecular weight is 490 g/mol. The van der Waals surface area contributed by atoms with E-state index in [2.05, 4.69) is 19.2 Å². The molecule has 1 saturated carbocycles. The van der Waals surface area contributed by atoms with Crippen LogP contribution in [0.15, 0.2) is 29.2 Å². The summed E-state index contributed by atoms with van der Waals surface area (Å²) in [6.07, 6.45) is 8.11. The number of rotatable bonds is 5. The molecule has 4 rings (SSSR count). The second kappa shape index (κ2) is 10.8. The minimum absolute atomic E-state index is 0.0302. The molecule has 1 aromatic carbocycles. The second-order valence-electron chi connectivity index (χ2n) is 10.7. The number of hydrogen-bond donors (Lipinski definition) is 1. The number of sulfonamides is 1. The summed E-state index contributed by atoms with van der Waals surface area (Å²) in [5.74, 6) is 0.965. The largest absolute Gasteiger partial charge is 0.349 e. The zero-order valence-corrected chi connectivity index (χ0v) is 21.4. The molecule has 2 unspecified atom stereocenters. The van der Waals surface area contributed by atoms with Crippen LogP contribution in [-0.4, -0.2) is 61.7 Å². The van der Waals surface area contributed by atoms with Gasteiger partial charge in [-0.3, -0.25) is 9.59 Å². The van der Waals surface area contributed by atoms with Gasteiger partial charge in [-0.2, -0.15) is 4.31 Å². The summed E-state index contributed by atoms with van der Waals surface area (Å²) in [5, 5.41) is 3.07. The molecule has 2 atom stereocenters. The Kier molecular flexibility index (Phi) is 7.97. The molecule has 2 heterocycles. The summed E-state index contributed by atoms with van der Waals surface area (Å²) in [7, 11) is -3.56. The van der Waals surface area contributed by atoms with E-state index >= 15 is 0 Å². The fourth-order valence-electron chi connectivity index (χ4n) is 5.85. The number of carbonyl (C=O) groups is 2. The predicted octanol–water partition coefficient (Wildman–Crippen LogP) is 3.65. The van der Waals surface area contributed by atoms with Crippen molar-refractivity contribution in [1.82, 2.24) is 14.5 Å². The lowest BCUT2D eigenvalue weighted by Crippen LogP contribution is -2.48. The van der Waals surface area contributed by atoms with Gasteiger partial charge in [-0.15, -0.1) is 0 Å². The highest BCUT2D eigenvalue weighted by Crippen LogP contribution is 2.28. The molecule has 34 heavy (non-hydrogen) atoms. The molecule has 2 aliphatic heterocycles. The topological polar surface area (TPSA) is 86.8 Å². The molecule has 3 aliphatic rings. The van der Waals surface area contributed by atoms with Crippen LogP contribution >= 0.6 is 0 Å². The third-order valence-corrected chi connectivity index (χ3v) is 9.53. The molecule has 2 saturated heterocycles. The summed E-state index contributed by atoms with van der Waals surface area (Å²) in [5.41, 5.74) is 0.458. The van der Waals surface area contributed by atoms with E-state index in [9.17, 15) is 18.0 Å². The number of hydrogen-bond acceptors (Lipinski definition) is 4. The molecule has 1 N–H and O–H groups in total. The van der Waals surface area contributed by atoms with E-state index in [4.69, 9.17) is 0 Å². The second-order valence-corrected chi connectivity index (χ2v) is 12.6. The highest BCUT2D eigenvalue weighted by atomic mass is 32.2. The molecule has 2 amide bonds. The highest BCUT2D eigenvalue weighted by molar-refractivity contribution is 7.89. The van der Waals surface area contributed by atoms with E-state index in [-0.39, 0.29) is 22.8 Å². The van der Waals surface area contributed by atoms with Gasteiger partial charge in [-0.25, -0.2) is 8.42 Å². The third-order valence-electron chi connectivity index (χ3n) is 7.69. The van der Waals surface area contributed by atoms with Crippen molar-refractivity contribution in [2.75, 3.05) is 26.2 Å². The number of amides is 2. The SMILES string of the molecule is CC1CC(C)CN(S(=O)(=O)c2ccc(C(=O)NC3CCN(C(=O)C4CCCCC4)CC3)cc2)C1. The fraction of sp³-hybridized carbons (Fsp3) is 0.692. The number of carbonyl (C=O) groups excluding carboxylic acids is 2. The molecule has 7 nitrogen and oxygen atoms in total. The van der Waals surface area contributed by atoms with Gasteiger partial charge in [0, 0.05) is 43.7 Å². The zero-order valence-electron chi connectivity index (χ0n) is 20.5. The van der Waals surface area contributed by atoms with Gasteiger partial charge in [0.15, 0.2) is 0 Å². The van der Waals surface area contributed by atoms with E-state index in [1.807, 2.05) is 4.90 Å². The quantitative estimate of drug-likeness (QED) is 0.684. The van der Waals surface area contributed by atoms with Gasteiger partial charge in [0.2, 0.25) is 15.9 Å². The lowest BCUT2D eigenvalue weighted by Gasteiger charge is -2.35. The number of nitrogens with zero attached hydrogens (tertiary/aromatic N) is 2. The first-order valence-electron chi connectivity index (χ1n) is 12.9. The van der Waals surface area contributed by atoms with Crippen LogP contribution in [0, 0.1) is 17.8 Å². The molecule has 0 aromatic heterocycles. The van der Waals surface area contributed by atoms with Gasteiger partial charge in [-0.05, 0) is 68.2 Å². The lowest BCUT2D eigenvalue weighted by molar-refractivity contribution is -0.137. The summed E-state index contributed by atoms with van der Waals surface area (Å²) >= 11 is 0. The van der Waals surface area contributed by atoms with Crippen molar-refractivity contribution >= 4 is 21.8 Å². The van der Waals surface area contributed by atoms with Crippen LogP contribution in [0.4, 0.5) is 0 Å². The van der Waals surface area contributed by atoms with Crippen LogP contribution in [0.25, 0.3) is 0 Å². The Morgan fingerprint density at radius 2 is 1.47 bits per heavy atom. The van der Waals surface area contributed by atoms with Crippen LogP contribution in [0.2, 0.25) is 0 Å². The summed E-state index contributed by atoms with van der Waals surface area (Å²) in [4.78, 5) is 27.7. The Balaban J connectivity index is 1.30. The molecule has 3 fully saturated rings. The van der Waals surface area contributed by atoms with Crippen LogP contribution in [-0.2, 0) is 14.8 Å². The Labute approximate surface area is 204 Å². The van der Waals surface area contributed by atoms with Crippen LogP contribution in [0.5, 0.6) is 0 Å². The molecule has 0 radical (unpaired) electrons. The first kappa shape index (κ1) is 25.2. The van der Waals surface area contributed by atoms with E-state index in [1.165, 1.54) is 6.42 Å². The monoisotopic (exact) mass is 489 g/mol. The molecule has 1 aliphatic carbocycles. The number of piperidine rings is 2. The van der Waals surface area contributed by atoms with Crippen molar-refractivity contribution in [1.29, 1.82) is 0 Å². The van der Waals surface area contributed by atoms with Gasteiger partial charge in [0.1, 0.15) is 0 Å². The Bertz CT molecular complexity index is 954. The van der Waals surface area contributed by atoms with Crippen molar-refractivity contribution < 1.29 is 18.0 Å². The number of nitrogens with one attached hydrogen (secondary N) is 1. The van der Waals surface area contributed by atoms with Crippen molar-refractivity contribution in [2.24, 2.45) is 17.8 Å². The Morgan fingerprint density at radius 3 is 2.06 bits per heavy atom. The summed E-state index contributed by atoms with van der Waals surface area (Å²) < 4.78 is 27.7. The maximum Gasteiger partial charge on any atom is 0.251 e. The Hall–Kier alpha value is -1.93.